The van der Waals surface area contributed by atoms with Gasteiger partial charge in [-0.05, 0) is 36.8 Å². The van der Waals surface area contributed by atoms with Crippen molar-refractivity contribution in [2.45, 2.75) is 13.0 Å². The van der Waals surface area contributed by atoms with Crippen LogP contribution in [0.25, 0.3) is 0 Å². The largest absolute Gasteiger partial charge is 0.497 e. The van der Waals surface area contributed by atoms with Crippen molar-refractivity contribution in [3.63, 3.8) is 0 Å². The number of hydrogen-bond donors (Lipinski definition) is 1. The van der Waals surface area contributed by atoms with Gasteiger partial charge in [0.2, 0.25) is 6.79 Å². The Kier molecular flexibility index (Phi) is 3.92. The molecule has 1 unspecified atom stereocenters. The lowest BCUT2D eigenvalue weighted by molar-refractivity contribution is 0.174. The molecule has 110 valence electrons. The summed E-state index contributed by atoms with van der Waals surface area (Å²) in [6, 6.07) is 12.0. The van der Waals surface area contributed by atoms with E-state index in [1.165, 1.54) is 0 Å². The number of nitrogens with one attached hydrogen (secondary N) is 1. The second-order valence-electron chi connectivity index (χ2n) is 4.86. The van der Waals surface area contributed by atoms with Crippen LogP contribution < -0.4 is 19.5 Å². The normalized spacial score (nSPS) is 13.9. The molecule has 5 heteroatoms. The fraction of sp³-hybridized carbons (Fsp3) is 0.250. The van der Waals surface area contributed by atoms with Crippen molar-refractivity contribution in [2.75, 3.05) is 19.2 Å². The molecule has 3 rings (SSSR count). The van der Waals surface area contributed by atoms with Gasteiger partial charge in [-0.15, -0.1) is 0 Å². The molecule has 0 bridgehead atoms. The third-order valence-corrected chi connectivity index (χ3v) is 3.84. The molecule has 0 fully saturated rings. The predicted molar refractivity (Wildman–Crippen MR) is 85.3 cm³/mol. The first-order valence-corrected chi connectivity index (χ1v) is 7.45. The van der Waals surface area contributed by atoms with Crippen LogP contribution in [0.5, 0.6) is 17.2 Å². The second-order valence-corrected chi connectivity index (χ2v) is 5.77. The van der Waals surface area contributed by atoms with E-state index in [-0.39, 0.29) is 6.04 Å². The molecule has 1 aliphatic rings. The van der Waals surface area contributed by atoms with Gasteiger partial charge in [0.05, 0.1) is 7.11 Å². The van der Waals surface area contributed by atoms with Gasteiger partial charge in [0, 0.05) is 22.3 Å². The predicted octanol–water partition coefficient (Wildman–Crippen LogP) is 4.36. The van der Waals surface area contributed by atoms with Crippen LogP contribution in [0.1, 0.15) is 18.5 Å². The molecule has 2 aromatic rings. The molecule has 0 radical (unpaired) electrons. The van der Waals surface area contributed by atoms with Crippen LogP contribution in [0.2, 0.25) is 0 Å². The molecule has 1 N–H and O–H groups in total. The highest BCUT2D eigenvalue weighted by Crippen LogP contribution is 2.35. The molecule has 21 heavy (non-hydrogen) atoms. The van der Waals surface area contributed by atoms with Crippen LogP contribution in [0.15, 0.2) is 40.9 Å². The Bertz CT molecular complexity index is 660. The van der Waals surface area contributed by atoms with E-state index in [0.29, 0.717) is 6.79 Å². The van der Waals surface area contributed by atoms with Crippen LogP contribution in [-0.4, -0.2) is 13.9 Å². The highest BCUT2D eigenvalue weighted by molar-refractivity contribution is 9.10. The first-order chi connectivity index (χ1) is 10.2. The minimum atomic E-state index is 0.138. The molecule has 0 aromatic heterocycles. The van der Waals surface area contributed by atoms with Gasteiger partial charge in [0.25, 0.3) is 0 Å². The van der Waals surface area contributed by atoms with E-state index in [9.17, 15) is 0 Å². The maximum Gasteiger partial charge on any atom is 0.231 e. The van der Waals surface area contributed by atoms with Crippen molar-refractivity contribution in [1.29, 1.82) is 0 Å². The Labute approximate surface area is 132 Å². The van der Waals surface area contributed by atoms with Crippen LogP contribution in [0.3, 0.4) is 0 Å². The summed E-state index contributed by atoms with van der Waals surface area (Å²) in [7, 11) is 1.66. The summed E-state index contributed by atoms with van der Waals surface area (Å²) in [4.78, 5) is 0. The maximum absolute atomic E-state index is 5.42. The molecular formula is C16H16BrNO3. The molecule has 0 saturated carbocycles. The van der Waals surface area contributed by atoms with E-state index < -0.39 is 0 Å². The maximum atomic E-state index is 5.42. The van der Waals surface area contributed by atoms with Crippen molar-refractivity contribution in [2.24, 2.45) is 0 Å². The highest BCUT2D eigenvalue weighted by atomic mass is 79.9. The fourth-order valence-electron chi connectivity index (χ4n) is 2.28. The number of rotatable bonds is 4. The minimum absolute atomic E-state index is 0.138. The van der Waals surface area contributed by atoms with E-state index in [4.69, 9.17) is 14.2 Å². The summed E-state index contributed by atoms with van der Waals surface area (Å²) in [6.45, 7) is 2.40. The van der Waals surface area contributed by atoms with Gasteiger partial charge in [0.1, 0.15) is 5.75 Å². The molecular weight excluding hydrogens is 334 g/mol. The number of hydrogen-bond acceptors (Lipinski definition) is 4. The van der Waals surface area contributed by atoms with E-state index >= 15 is 0 Å². The first-order valence-electron chi connectivity index (χ1n) is 6.66. The van der Waals surface area contributed by atoms with Gasteiger partial charge in [0.15, 0.2) is 11.5 Å². The van der Waals surface area contributed by atoms with Gasteiger partial charge < -0.3 is 19.5 Å². The summed E-state index contributed by atoms with van der Waals surface area (Å²) in [6.07, 6.45) is 0. The van der Waals surface area contributed by atoms with Crippen molar-refractivity contribution in [3.8, 4) is 17.2 Å². The van der Waals surface area contributed by atoms with Crippen LogP contribution >= 0.6 is 15.9 Å². The zero-order valence-corrected chi connectivity index (χ0v) is 13.4. The molecule has 0 spiro atoms. The first kappa shape index (κ1) is 14.1. The van der Waals surface area contributed by atoms with Gasteiger partial charge in [-0.2, -0.15) is 0 Å². The standard InChI is InChI=1S/C16H16BrNO3/c1-10(11-3-4-15-16(5-11)21-9-20-15)18-13-6-12(17)7-14(8-13)19-2/h3-8,10,18H,9H2,1-2H3. The topological polar surface area (TPSA) is 39.7 Å². The van der Waals surface area contributed by atoms with Gasteiger partial charge in [-0.3, -0.25) is 0 Å². The van der Waals surface area contributed by atoms with Crippen LogP contribution in [0, 0.1) is 0 Å². The van der Waals surface area contributed by atoms with Crippen molar-refractivity contribution in [3.05, 3.63) is 46.4 Å². The smallest absolute Gasteiger partial charge is 0.231 e. The summed E-state index contributed by atoms with van der Waals surface area (Å²) in [5.41, 5.74) is 2.13. The Morgan fingerprint density at radius 1 is 1.14 bits per heavy atom. The monoisotopic (exact) mass is 349 g/mol. The molecule has 0 aliphatic carbocycles. The Hall–Kier alpha value is -1.88. The SMILES string of the molecule is COc1cc(Br)cc(NC(C)c2ccc3c(c2)OCO3)c1. The minimum Gasteiger partial charge on any atom is -0.497 e. The summed E-state index contributed by atoms with van der Waals surface area (Å²) in [5.74, 6) is 2.41. The molecule has 1 heterocycles. The Morgan fingerprint density at radius 2 is 1.95 bits per heavy atom. The van der Waals surface area contributed by atoms with Gasteiger partial charge in [-0.1, -0.05) is 22.0 Å². The number of methoxy groups -OCH3 is 1. The van der Waals surface area contributed by atoms with Crippen LogP contribution in [-0.2, 0) is 0 Å². The zero-order chi connectivity index (χ0) is 14.8. The lowest BCUT2D eigenvalue weighted by Crippen LogP contribution is -2.06. The molecule has 2 aromatic carbocycles. The number of fused-ring (bicyclic) bond motifs is 1. The molecule has 0 amide bonds. The van der Waals surface area contributed by atoms with E-state index in [0.717, 1.165) is 33.0 Å². The summed E-state index contributed by atoms with van der Waals surface area (Å²) < 4.78 is 17.0. The second kappa shape index (κ2) is 5.85. The number of benzene rings is 2. The molecule has 1 atom stereocenters. The highest BCUT2D eigenvalue weighted by Gasteiger charge is 2.15. The quantitative estimate of drug-likeness (QED) is 0.890. The fourth-order valence-corrected chi connectivity index (χ4v) is 2.75. The molecule has 4 nitrogen and oxygen atoms in total. The van der Waals surface area contributed by atoms with Gasteiger partial charge in [-0.25, -0.2) is 0 Å². The third kappa shape index (κ3) is 3.08. The number of anilines is 1. The van der Waals surface area contributed by atoms with Crippen LogP contribution in [0.4, 0.5) is 5.69 Å². The average molecular weight is 350 g/mol. The van der Waals surface area contributed by atoms with Gasteiger partial charge >= 0.3 is 0 Å². The lowest BCUT2D eigenvalue weighted by Gasteiger charge is -2.17. The average Bonchev–Trinajstić information content (AvgIpc) is 2.93. The number of halogens is 1. The van der Waals surface area contributed by atoms with E-state index in [1.54, 1.807) is 7.11 Å². The molecule has 1 aliphatic heterocycles. The summed E-state index contributed by atoms with van der Waals surface area (Å²) in [5, 5.41) is 3.46. The van der Waals surface area contributed by atoms with Crippen molar-refractivity contribution < 1.29 is 14.2 Å². The Morgan fingerprint density at radius 3 is 2.76 bits per heavy atom. The zero-order valence-electron chi connectivity index (χ0n) is 11.9. The van der Waals surface area contributed by atoms with E-state index in [2.05, 4.69) is 28.2 Å². The number of ether oxygens (including phenoxy) is 3. The Balaban J connectivity index is 1.80. The molecule has 0 saturated heterocycles. The van der Waals surface area contributed by atoms with E-state index in [1.807, 2.05) is 36.4 Å². The summed E-state index contributed by atoms with van der Waals surface area (Å²) >= 11 is 3.48. The lowest BCUT2D eigenvalue weighted by atomic mass is 10.1. The van der Waals surface area contributed by atoms with Crippen molar-refractivity contribution in [1.82, 2.24) is 0 Å². The third-order valence-electron chi connectivity index (χ3n) is 3.39. The van der Waals surface area contributed by atoms with Crippen molar-refractivity contribution >= 4 is 21.6 Å².